The molecule has 0 spiro atoms. The van der Waals surface area contributed by atoms with Crippen LogP contribution in [0.1, 0.15) is 67.1 Å². The summed E-state index contributed by atoms with van der Waals surface area (Å²) in [5.41, 5.74) is 0.678. The molecule has 3 atom stereocenters. The molecular weight excluding hydrogens is 582 g/mol. The molecular formula is C34H41NO10. The number of hydrogen-bond donors (Lipinski definition) is 1. The third-order valence-corrected chi connectivity index (χ3v) is 8.35. The van der Waals surface area contributed by atoms with Crippen LogP contribution in [0.5, 0.6) is 40.2 Å². The number of rotatable bonds is 13. The number of nitrogens with zero attached hydrogens (tertiary/aromatic N) is 1. The standard InChI is InChI=1S/C34H41NO10/c1-7-15-42-25-12-10-23(19-27(25)38-3)34(14-13-24(45-34)22-17-29(39-4)32(41-6)30(18-22)40-5)31(8-2)35(37)33(36)21-9-11-26-28(16-21)44-20-43-26/h9-12,16-19,24,31,37H,7-8,13-15,20H2,1-6H3. The summed E-state index contributed by atoms with van der Waals surface area (Å²) in [5.74, 6) is 3.01. The van der Waals surface area contributed by atoms with E-state index in [0.717, 1.165) is 22.6 Å². The van der Waals surface area contributed by atoms with Crippen molar-refractivity contribution in [1.82, 2.24) is 5.06 Å². The third-order valence-electron chi connectivity index (χ3n) is 8.35. The maximum Gasteiger partial charge on any atom is 0.277 e. The first-order valence-corrected chi connectivity index (χ1v) is 15.0. The highest BCUT2D eigenvalue weighted by atomic mass is 16.7. The van der Waals surface area contributed by atoms with E-state index in [0.29, 0.717) is 66.1 Å². The van der Waals surface area contributed by atoms with Crippen molar-refractivity contribution in [2.45, 2.75) is 57.3 Å². The van der Waals surface area contributed by atoms with Crippen molar-refractivity contribution in [2.75, 3.05) is 41.8 Å². The number of carbonyl (C=O) groups excluding carboxylic acids is 1. The largest absolute Gasteiger partial charge is 0.493 e. The molecule has 2 aliphatic heterocycles. The Morgan fingerprint density at radius 3 is 2.27 bits per heavy atom. The van der Waals surface area contributed by atoms with Crippen molar-refractivity contribution in [2.24, 2.45) is 0 Å². The van der Waals surface area contributed by atoms with Gasteiger partial charge in [-0.15, -0.1) is 0 Å². The predicted molar refractivity (Wildman–Crippen MR) is 164 cm³/mol. The Morgan fingerprint density at radius 1 is 0.911 bits per heavy atom. The Bertz CT molecular complexity index is 1490. The van der Waals surface area contributed by atoms with Crippen molar-refractivity contribution in [3.05, 3.63) is 65.2 Å². The summed E-state index contributed by atoms with van der Waals surface area (Å²) in [4.78, 5) is 13.8. The van der Waals surface area contributed by atoms with Gasteiger partial charge in [0.25, 0.3) is 5.91 Å². The Balaban J connectivity index is 1.57. The zero-order chi connectivity index (χ0) is 32.1. The SMILES string of the molecule is CCCOc1ccc(C2(C(CC)N(O)C(=O)c3ccc4c(c3)OCO4)CCC(c3cc(OC)c(OC)c(OC)c3)O2)cc1OC. The second-order valence-corrected chi connectivity index (χ2v) is 10.8. The molecule has 2 aliphatic rings. The van der Waals surface area contributed by atoms with Crippen LogP contribution in [0.15, 0.2) is 48.5 Å². The maximum absolute atomic E-state index is 13.8. The first kappa shape index (κ1) is 32.1. The van der Waals surface area contributed by atoms with Gasteiger partial charge in [0.15, 0.2) is 34.5 Å². The zero-order valence-corrected chi connectivity index (χ0v) is 26.6. The number of carbonyl (C=O) groups is 1. The van der Waals surface area contributed by atoms with E-state index in [2.05, 4.69) is 0 Å². The van der Waals surface area contributed by atoms with Gasteiger partial charge >= 0.3 is 0 Å². The lowest BCUT2D eigenvalue weighted by atomic mass is 9.81. The third kappa shape index (κ3) is 6.02. The number of hydroxylamine groups is 2. The molecule has 1 fully saturated rings. The van der Waals surface area contributed by atoms with Gasteiger partial charge in [-0.05, 0) is 79.3 Å². The van der Waals surface area contributed by atoms with E-state index in [1.807, 2.05) is 44.2 Å². The van der Waals surface area contributed by atoms with Crippen LogP contribution < -0.4 is 33.2 Å². The van der Waals surface area contributed by atoms with Gasteiger partial charge in [0, 0.05) is 5.56 Å². The van der Waals surface area contributed by atoms with Gasteiger partial charge in [0.05, 0.1) is 47.2 Å². The second-order valence-electron chi connectivity index (χ2n) is 10.8. The van der Waals surface area contributed by atoms with Crippen LogP contribution in [0.4, 0.5) is 0 Å². The van der Waals surface area contributed by atoms with E-state index >= 15 is 0 Å². The van der Waals surface area contributed by atoms with E-state index in [9.17, 15) is 10.0 Å². The molecule has 11 nitrogen and oxygen atoms in total. The molecule has 3 unspecified atom stereocenters. The van der Waals surface area contributed by atoms with E-state index in [1.165, 1.54) is 0 Å². The number of hydrogen-bond acceptors (Lipinski definition) is 10. The van der Waals surface area contributed by atoms with Gasteiger partial charge in [-0.3, -0.25) is 10.0 Å². The number of amides is 1. The minimum atomic E-state index is -1.13. The van der Waals surface area contributed by atoms with Crippen molar-refractivity contribution >= 4 is 5.91 Å². The second kappa shape index (κ2) is 13.7. The summed E-state index contributed by atoms with van der Waals surface area (Å²) < 4.78 is 46.2. The van der Waals surface area contributed by atoms with Crippen molar-refractivity contribution in [1.29, 1.82) is 0 Å². The number of methoxy groups -OCH3 is 4. The van der Waals surface area contributed by atoms with Gasteiger partial charge in [-0.1, -0.05) is 19.9 Å². The maximum atomic E-state index is 13.8. The summed E-state index contributed by atoms with van der Waals surface area (Å²) in [5, 5.41) is 12.5. The minimum absolute atomic E-state index is 0.0759. The summed E-state index contributed by atoms with van der Waals surface area (Å²) in [6.45, 7) is 4.55. The fourth-order valence-electron chi connectivity index (χ4n) is 6.15. The average Bonchev–Trinajstić information content (AvgIpc) is 3.74. The summed E-state index contributed by atoms with van der Waals surface area (Å²) in [7, 11) is 6.26. The Morgan fingerprint density at radius 2 is 1.62 bits per heavy atom. The van der Waals surface area contributed by atoms with Crippen LogP contribution in [0.3, 0.4) is 0 Å². The van der Waals surface area contributed by atoms with Crippen LogP contribution in [0.2, 0.25) is 0 Å². The highest BCUT2D eigenvalue weighted by Gasteiger charge is 2.51. The highest BCUT2D eigenvalue weighted by molar-refractivity contribution is 5.94. The molecule has 1 amide bonds. The number of fused-ring (bicyclic) bond motifs is 1. The molecule has 11 heteroatoms. The molecule has 0 saturated carbocycles. The lowest BCUT2D eigenvalue weighted by Crippen LogP contribution is -2.51. The summed E-state index contributed by atoms with van der Waals surface area (Å²) >= 11 is 0. The monoisotopic (exact) mass is 623 g/mol. The van der Waals surface area contributed by atoms with Crippen molar-refractivity contribution in [3.63, 3.8) is 0 Å². The van der Waals surface area contributed by atoms with Crippen LogP contribution in [-0.4, -0.2) is 64.1 Å². The quantitative estimate of drug-likeness (QED) is 0.172. The van der Waals surface area contributed by atoms with Crippen LogP contribution >= 0.6 is 0 Å². The molecule has 0 bridgehead atoms. The van der Waals surface area contributed by atoms with Crippen LogP contribution in [-0.2, 0) is 10.3 Å². The topological polar surface area (TPSA) is 114 Å². The first-order chi connectivity index (χ1) is 21.8. The molecule has 45 heavy (non-hydrogen) atoms. The van der Waals surface area contributed by atoms with E-state index < -0.39 is 23.7 Å². The predicted octanol–water partition coefficient (Wildman–Crippen LogP) is 6.30. The smallest absolute Gasteiger partial charge is 0.277 e. The van der Waals surface area contributed by atoms with Crippen molar-refractivity contribution < 1.29 is 47.9 Å². The summed E-state index contributed by atoms with van der Waals surface area (Å²) in [6, 6.07) is 13.4. The average molecular weight is 624 g/mol. The summed E-state index contributed by atoms with van der Waals surface area (Å²) in [6.07, 6.45) is 1.86. The molecule has 1 N–H and O–H groups in total. The van der Waals surface area contributed by atoms with Gasteiger partial charge in [0.2, 0.25) is 12.5 Å². The Labute approximate surface area is 263 Å². The molecule has 0 aliphatic carbocycles. The van der Waals surface area contributed by atoms with E-state index in [4.69, 9.17) is 37.9 Å². The van der Waals surface area contributed by atoms with Gasteiger partial charge in [-0.2, -0.15) is 0 Å². The normalized spacial score (nSPS) is 19.1. The Hall–Kier alpha value is -4.35. The molecule has 0 aromatic heterocycles. The molecule has 0 radical (unpaired) electrons. The highest BCUT2D eigenvalue weighted by Crippen LogP contribution is 2.53. The van der Waals surface area contributed by atoms with E-state index in [-0.39, 0.29) is 12.4 Å². The lowest BCUT2D eigenvalue weighted by Gasteiger charge is -2.41. The first-order valence-electron chi connectivity index (χ1n) is 15.0. The van der Waals surface area contributed by atoms with Gasteiger partial charge in [0.1, 0.15) is 5.60 Å². The fraction of sp³-hybridized carbons (Fsp3) is 0.441. The number of benzene rings is 3. The zero-order valence-electron chi connectivity index (χ0n) is 26.6. The molecule has 242 valence electrons. The number of ether oxygens (including phenoxy) is 8. The molecule has 5 rings (SSSR count). The molecule has 2 heterocycles. The molecule has 3 aromatic rings. The van der Waals surface area contributed by atoms with Gasteiger partial charge < -0.3 is 37.9 Å². The minimum Gasteiger partial charge on any atom is -0.493 e. The molecule has 1 saturated heterocycles. The van der Waals surface area contributed by atoms with Crippen molar-refractivity contribution in [3.8, 4) is 40.2 Å². The van der Waals surface area contributed by atoms with Gasteiger partial charge in [-0.25, -0.2) is 5.06 Å². The molecule has 3 aromatic carbocycles. The van der Waals surface area contributed by atoms with E-state index in [1.54, 1.807) is 46.6 Å². The lowest BCUT2D eigenvalue weighted by molar-refractivity contribution is -0.175. The fourth-order valence-corrected chi connectivity index (χ4v) is 6.15. The van der Waals surface area contributed by atoms with Crippen LogP contribution in [0, 0.1) is 0 Å². The van der Waals surface area contributed by atoms with Crippen LogP contribution in [0.25, 0.3) is 0 Å². The Kier molecular flexibility index (Phi) is 9.79.